The summed E-state index contributed by atoms with van der Waals surface area (Å²) in [5, 5.41) is 2.09. The van der Waals surface area contributed by atoms with E-state index in [1.54, 1.807) is 18.3 Å². The maximum atomic E-state index is 13.1. The SMILES string of the molecule is CCCCn1c(N)c(N(CC)C(=O)CN2CCc3sccc3[C@H]2C)c(=O)[nH]c1=O. The summed E-state index contributed by atoms with van der Waals surface area (Å²) in [6, 6.07) is 2.26. The number of carbonyl (C=O) groups excluding carboxylic acids is 1. The molecule has 158 valence electrons. The quantitative estimate of drug-likeness (QED) is 0.714. The monoisotopic (exact) mass is 419 g/mol. The Labute approximate surface area is 173 Å². The minimum absolute atomic E-state index is 0.0502. The molecule has 9 heteroatoms. The van der Waals surface area contributed by atoms with E-state index in [1.807, 2.05) is 6.92 Å². The second kappa shape index (κ2) is 8.96. The predicted molar refractivity (Wildman–Crippen MR) is 117 cm³/mol. The number of H-pyrrole nitrogens is 1. The molecule has 3 heterocycles. The Balaban J connectivity index is 1.87. The molecule has 8 nitrogen and oxygen atoms in total. The molecule has 0 saturated heterocycles. The van der Waals surface area contributed by atoms with Crippen LogP contribution in [0.3, 0.4) is 0 Å². The Bertz CT molecular complexity index is 993. The molecular formula is C20H29N5O3S. The fraction of sp³-hybridized carbons (Fsp3) is 0.550. The number of carbonyl (C=O) groups is 1. The van der Waals surface area contributed by atoms with Crippen LogP contribution in [0.5, 0.6) is 0 Å². The van der Waals surface area contributed by atoms with Crippen LogP contribution in [0.1, 0.15) is 50.1 Å². The van der Waals surface area contributed by atoms with E-state index in [1.165, 1.54) is 19.9 Å². The lowest BCUT2D eigenvalue weighted by molar-refractivity contribution is -0.120. The van der Waals surface area contributed by atoms with Crippen LogP contribution in [0.15, 0.2) is 21.0 Å². The number of nitrogens with two attached hydrogens (primary N) is 1. The standard InChI is InChI=1S/C20H29N5O3S/c1-4-6-9-25-18(21)17(19(27)22-20(25)28)24(5-2)16(26)12-23-10-7-15-14(13(23)3)8-11-29-15/h8,11,13H,4-7,9-10,12,21H2,1-3H3,(H,22,27,28)/t13-/m1/s1. The fourth-order valence-electron chi connectivity index (χ4n) is 3.87. The van der Waals surface area contributed by atoms with Crippen LogP contribution in [-0.2, 0) is 17.8 Å². The normalized spacial score (nSPS) is 16.6. The Morgan fingerprint density at radius 1 is 1.38 bits per heavy atom. The number of aromatic nitrogens is 2. The summed E-state index contributed by atoms with van der Waals surface area (Å²) in [4.78, 5) is 45.0. The molecule has 1 aliphatic rings. The molecule has 2 aromatic rings. The Morgan fingerprint density at radius 3 is 2.83 bits per heavy atom. The number of hydrogen-bond donors (Lipinski definition) is 2. The Kier molecular flexibility index (Phi) is 6.59. The molecule has 3 N–H and O–H groups in total. The number of nitrogens with one attached hydrogen (secondary N) is 1. The van der Waals surface area contributed by atoms with Gasteiger partial charge >= 0.3 is 5.69 Å². The molecule has 0 unspecified atom stereocenters. The number of nitrogens with zero attached hydrogens (tertiary/aromatic N) is 3. The van der Waals surface area contributed by atoms with Gasteiger partial charge in [-0.05, 0) is 43.7 Å². The van der Waals surface area contributed by atoms with Gasteiger partial charge in [0.05, 0.1) is 6.54 Å². The van der Waals surface area contributed by atoms with Crippen molar-refractivity contribution in [1.82, 2.24) is 14.5 Å². The predicted octanol–water partition coefficient (Wildman–Crippen LogP) is 1.95. The first-order valence-electron chi connectivity index (χ1n) is 10.1. The minimum atomic E-state index is -0.623. The molecule has 0 aliphatic carbocycles. The summed E-state index contributed by atoms with van der Waals surface area (Å²) >= 11 is 1.75. The van der Waals surface area contributed by atoms with Crippen molar-refractivity contribution in [3.8, 4) is 0 Å². The molecule has 0 radical (unpaired) electrons. The average molecular weight is 420 g/mol. The van der Waals surface area contributed by atoms with Gasteiger partial charge in [-0.1, -0.05) is 13.3 Å². The number of likely N-dealkylation sites (N-methyl/N-ethyl adjacent to an activating group) is 1. The molecule has 1 atom stereocenters. The van der Waals surface area contributed by atoms with E-state index in [4.69, 9.17) is 5.73 Å². The van der Waals surface area contributed by atoms with Crippen LogP contribution < -0.4 is 21.9 Å². The van der Waals surface area contributed by atoms with Crippen LogP contribution in [0, 0.1) is 0 Å². The number of amides is 1. The van der Waals surface area contributed by atoms with E-state index in [9.17, 15) is 14.4 Å². The average Bonchev–Trinajstić information content (AvgIpc) is 3.16. The molecule has 1 aliphatic heterocycles. The van der Waals surface area contributed by atoms with E-state index in [0.29, 0.717) is 13.1 Å². The van der Waals surface area contributed by atoms with Gasteiger partial charge in [0.1, 0.15) is 5.82 Å². The molecule has 2 aromatic heterocycles. The maximum Gasteiger partial charge on any atom is 0.330 e. The lowest BCUT2D eigenvalue weighted by atomic mass is 10.0. The second-order valence-electron chi connectivity index (χ2n) is 7.33. The number of aromatic amines is 1. The van der Waals surface area contributed by atoms with Crippen molar-refractivity contribution in [3.05, 3.63) is 42.7 Å². The van der Waals surface area contributed by atoms with Gasteiger partial charge in [-0.2, -0.15) is 0 Å². The molecule has 29 heavy (non-hydrogen) atoms. The summed E-state index contributed by atoms with van der Waals surface area (Å²) in [5.41, 5.74) is 6.35. The highest BCUT2D eigenvalue weighted by Crippen LogP contribution is 2.32. The summed E-state index contributed by atoms with van der Waals surface area (Å²) in [5.74, 6) is -0.148. The van der Waals surface area contributed by atoms with Gasteiger partial charge in [-0.3, -0.25) is 24.0 Å². The smallest absolute Gasteiger partial charge is 0.330 e. The third-order valence-corrected chi connectivity index (χ3v) is 6.58. The summed E-state index contributed by atoms with van der Waals surface area (Å²) in [6.45, 7) is 7.59. The van der Waals surface area contributed by atoms with Crippen LogP contribution in [0.25, 0.3) is 0 Å². The van der Waals surface area contributed by atoms with Crippen LogP contribution in [-0.4, -0.2) is 40.0 Å². The first-order chi connectivity index (χ1) is 13.9. The highest BCUT2D eigenvalue weighted by Gasteiger charge is 2.29. The number of thiophene rings is 1. The first kappa shape index (κ1) is 21.3. The summed E-state index contributed by atoms with van der Waals surface area (Å²) < 4.78 is 1.34. The number of rotatable bonds is 7. The number of nitrogen functional groups attached to an aromatic ring is 1. The van der Waals surface area contributed by atoms with E-state index in [-0.39, 0.29) is 30.0 Å². The van der Waals surface area contributed by atoms with Crippen molar-refractivity contribution in [1.29, 1.82) is 0 Å². The number of hydrogen-bond acceptors (Lipinski definition) is 6. The van der Waals surface area contributed by atoms with Gasteiger partial charge in [0, 0.05) is 30.6 Å². The van der Waals surface area contributed by atoms with Gasteiger partial charge in [0.15, 0.2) is 5.69 Å². The lowest BCUT2D eigenvalue weighted by Crippen LogP contribution is -2.46. The van der Waals surface area contributed by atoms with E-state index >= 15 is 0 Å². The zero-order chi connectivity index (χ0) is 21.1. The maximum absolute atomic E-state index is 13.1. The molecule has 1 amide bonds. The third kappa shape index (κ3) is 4.16. The highest BCUT2D eigenvalue weighted by atomic mass is 32.1. The van der Waals surface area contributed by atoms with Gasteiger partial charge in [0.2, 0.25) is 5.91 Å². The fourth-order valence-corrected chi connectivity index (χ4v) is 4.83. The van der Waals surface area contributed by atoms with Gasteiger partial charge < -0.3 is 10.6 Å². The lowest BCUT2D eigenvalue weighted by Gasteiger charge is -2.34. The van der Waals surface area contributed by atoms with Gasteiger partial charge in [0.25, 0.3) is 5.56 Å². The first-order valence-corrected chi connectivity index (χ1v) is 11.0. The van der Waals surface area contributed by atoms with Crippen LogP contribution in [0.2, 0.25) is 0 Å². The second-order valence-corrected chi connectivity index (χ2v) is 8.33. The molecule has 0 aromatic carbocycles. The van der Waals surface area contributed by atoms with E-state index < -0.39 is 11.2 Å². The third-order valence-electron chi connectivity index (χ3n) is 5.58. The summed E-state index contributed by atoms with van der Waals surface area (Å²) in [7, 11) is 0. The molecule has 0 bridgehead atoms. The molecule has 0 fully saturated rings. The van der Waals surface area contributed by atoms with Gasteiger partial charge in [-0.25, -0.2) is 4.79 Å². The van der Waals surface area contributed by atoms with Crippen molar-refractivity contribution in [2.45, 2.75) is 52.6 Å². The number of unbranched alkanes of at least 4 members (excludes halogenated alkanes) is 1. The minimum Gasteiger partial charge on any atom is -0.383 e. The zero-order valence-corrected chi connectivity index (χ0v) is 18.1. The highest BCUT2D eigenvalue weighted by molar-refractivity contribution is 7.10. The molecule has 0 saturated carbocycles. The van der Waals surface area contributed by atoms with Crippen molar-refractivity contribution >= 4 is 28.7 Å². The summed E-state index contributed by atoms with van der Waals surface area (Å²) in [6.07, 6.45) is 2.56. The van der Waals surface area contributed by atoms with E-state index in [0.717, 1.165) is 25.8 Å². The van der Waals surface area contributed by atoms with Gasteiger partial charge in [-0.15, -0.1) is 11.3 Å². The molecule has 0 spiro atoms. The van der Waals surface area contributed by atoms with Crippen molar-refractivity contribution in [3.63, 3.8) is 0 Å². The zero-order valence-electron chi connectivity index (χ0n) is 17.2. The van der Waals surface area contributed by atoms with Crippen molar-refractivity contribution < 1.29 is 4.79 Å². The Hall–Kier alpha value is -2.39. The number of anilines is 2. The van der Waals surface area contributed by atoms with Crippen LogP contribution >= 0.6 is 11.3 Å². The van der Waals surface area contributed by atoms with Crippen molar-refractivity contribution in [2.75, 3.05) is 30.3 Å². The largest absolute Gasteiger partial charge is 0.383 e. The Morgan fingerprint density at radius 2 is 2.14 bits per heavy atom. The topological polar surface area (TPSA) is 104 Å². The molecule has 3 rings (SSSR count). The van der Waals surface area contributed by atoms with Crippen molar-refractivity contribution in [2.24, 2.45) is 0 Å². The van der Waals surface area contributed by atoms with Crippen LogP contribution in [0.4, 0.5) is 11.5 Å². The van der Waals surface area contributed by atoms with E-state index in [2.05, 4.69) is 28.3 Å². The molecular weight excluding hydrogens is 390 g/mol. The number of fused-ring (bicyclic) bond motifs is 1.